The predicted molar refractivity (Wildman–Crippen MR) is 66.2 cm³/mol. The fourth-order valence-electron chi connectivity index (χ4n) is 1.96. The lowest BCUT2D eigenvalue weighted by Crippen LogP contribution is -2.36. The summed E-state index contributed by atoms with van der Waals surface area (Å²) in [4.78, 5) is 0. The zero-order valence-electron chi connectivity index (χ0n) is 9.94. The van der Waals surface area contributed by atoms with Gasteiger partial charge >= 0.3 is 0 Å². The number of nitrogens with zero attached hydrogens (tertiary/aromatic N) is 1. The first-order valence-corrected chi connectivity index (χ1v) is 8.82. The average Bonchev–Trinajstić information content (AvgIpc) is 2.87. The standard InChI is InChI=1S/C10H15NO5S2/c1-11(7-9-3-2-5-16-9)18(14,15)10-4-6-17(12,13)8-10/h2-3,5,10H,4,6-8H2,1H3/t10-/m1/s1. The molecule has 102 valence electrons. The number of hydrogen-bond acceptors (Lipinski definition) is 5. The van der Waals surface area contributed by atoms with Gasteiger partial charge < -0.3 is 4.42 Å². The zero-order valence-corrected chi connectivity index (χ0v) is 11.6. The van der Waals surface area contributed by atoms with Crippen molar-refractivity contribution in [1.82, 2.24) is 4.31 Å². The second-order valence-corrected chi connectivity index (χ2v) is 8.95. The molecule has 2 heterocycles. The molecule has 18 heavy (non-hydrogen) atoms. The second kappa shape index (κ2) is 4.67. The number of furan rings is 1. The summed E-state index contributed by atoms with van der Waals surface area (Å²) in [5, 5.41) is -0.831. The first-order chi connectivity index (χ1) is 8.31. The van der Waals surface area contributed by atoms with Crippen LogP contribution in [0.15, 0.2) is 22.8 Å². The summed E-state index contributed by atoms with van der Waals surface area (Å²) in [6, 6.07) is 3.35. The summed E-state index contributed by atoms with van der Waals surface area (Å²) < 4.78 is 53.2. The van der Waals surface area contributed by atoms with Crippen LogP contribution in [-0.2, 0) is 26.4 Å². The molecule has 8 heteroatoms. The summed E-state index contributed by atoms with van der Waals surface area (Å²) in [6.07, 6.45) is 1.64. The van der Waals surface area contributed by atoms with Crippen LogP contribution in [0.1, 0.15) is 12.2 Å². The van der Waals surface area contributed by atoms with E-state index in [1.807, 2.05) is 0 Å². The van der Waals surface area contributed by atoms with E-state index in [1.165, 1.54) is 13.3 Å². The maximum atomic E-state index is 12.2. The van der Waals surface area contributed by atoms with Crippen LogP contribution in [-0.4, -0.2) is 44.9 Å². The topological polar surface area (TPSA) is 84.7 Å². The molecule has 2 rings (SSSR count). The fraction of sp³-hybridized carbons (Fsp3) is 0.600. The van der Waals surface area contributed by atoms with Crippen molar-refractivity contribution in [3.05, 3.63) is 24.2 Å². The summed E-state index contributed by atoms with van der Waals surface area (Å²) in [5.41, 5.74) is 0. The molecule has 1 aromatic heterocycles. The number of sulfone groups is 1. The van der Waals surface area contributed by atoms with Crippen LogP contribution in [0.25, 0.3) is 0 Å². The van der Waals surface area contributed by atoms with E-state index in [0.29, 0.717) is 5.76 Å². The Bertz CT molecular complexity index is 603. The average molecular weight is 293 g/mol. The molecule has 1 fully saturated rings. The molecule has 0 radical (unpaired) electrons. The molecule has 0 spiro atoms. The lowest BCUT2D eigenvalue weighted by Gasteiger charge is -2.19. The van der Waals surface area contributed by atoms with Gasteiger partial charge in [0.1, 0.15) is 5.76 Å². The van der Waals surface area contributed by atoms with Gasteiger partial charge in [-0.15, -0.1) is 0 Å². The Morgan fingerprint density at radius 1 is 1.50 bits per heavy atom. The minimum atomic E-state index is -3.59. The highest BCUT2D eigenvalue weighted by molar-refractivity contribution is 7.95. The minimum absolute atomic E-state index is 0.0501. The summed E-state index contributed by atoms with van der Waals surface area (Å²) >= 11 is 0. The van der Waals surface area contributed by atoms with Crippen molar-refractivity contribution in [2.75, 3.05) is 18.6 Å². The first-order valence-electron chi connectivity index (χ1n) is 5.49. The predicted octanol–water partition coefficient (Wildman–Crippen LogP) is 0.228. The fourth-order valence-corrected chi connectivity index (χ4v) is 6.20. The van der Waals surface area contributed by atoms with Crippen LogP contribution in [0.5, 0.6) is 0 Å². The first kappa shape index (κ1) is 13.6. The molecule has 0 saturated carbocycles. The van der Waals surface area contributed by atoms with Crippen LogP contribution in [0.2, 0.25) is 0 Å². The highest BCUT2D eigenvalue weighted by Crippen LogP contribution is 2.22. The van der Waals surface area contributed by atoms with Crippen LogP contribution in [0.3, 0.4) is 0 Å². The third kappa shape index (κ3) is 2.76. The van der Waals surface area contributed by atoms with Crippen molar-refractivity contribution in [1.29, 1.82) is 0 Å². The van der Waals surface area contributed by atoms with Gasteiger partial charge in [0, 0.05) is 7.05 Å². The molecular formula is C10H15NO5S2. The molecule has 0 amide bonds. The molecule has 1 aromatic rings. The molecule has 6 nitrogen and oxygen atoms in total. The smallest absolute Gasteiger partial charge is 0.218 e. The molecule has 0 unspecified atom stereocenters. The van der Waals surface area contributed by atoms with Gasteiger partial charge in [-0.05, 0) is 18.6 Å². The van der Waals surface area contributed by atoms with Crippen LogP contribution in [0.4, 0.5) is 0 Å². The summed E-state index contributed by atoms with van der Waals surface area (Å²) in [5.74, 6) is 0.200. The van der Waals surface area contributed by atoms with E-state index in [0.717, 1.165) is 4.31 Å². The Morgan fingerprint density at radius 2 is 2.22 bits per heavy atom. The molecule has 0 N–H and O–H groups in total. The molecule has 1 aliphatic heterocycles. The highest BCUT2D eigenvalue weighted by atomic mass is 32.2. The molecule has 1 atom stereocenters. The van der Waals surface area contributed by atoms with Gasteiger partial charge in [-0.1, -0.05) is 0 Å². The van der Waals surface area contributed by atoms with Crippen molar-refractivity contribution in [2.24, 2.45) is 0 Å². The third-order valence-corrected chi connectivity index (χ3v) is 7.23. The Hall–Kier alpha value is -0.860. The Kier molecular flexibility index (Phi) is 3.52. The molecule has 0 aromatic carbocycles. The van der Waals surface area contributed by atoms with E-state index >= 15 is 0 Å². The van der Waals surface area contributed by atoms with E-state index in [9.17, 15) is 16.8 Å². The maximum absolute atomic E-state index is 12.2. The minimum Gasteiger partial charge on any atom is -0.468 e. The van der Waals surface area contributed by atoms with Gasteiger partial charge in [-0.25, -0.2) is 16.8 Å². The molecule has 0 bridgehead atoms. The third-order valence-electron chi connectivity index (χ3n) is 3.00. The number of rotatable bonds is 4. The molecule has 0 aliphatic carbocycles. The number of hydrogen-bond donors (Lipinski definition) is 0. The molecule has 1 aliphatic rings. The monoisotopic (exact) mass is 293 g/mol. The zero-order chi connectivity index (χ0) is 13.4. The lowest BCUT2D eigenvalue weighted by molar-refractivity contribution is 0.402. The van der Waals surface area contributed by atoms with E-state index in [4.69, 9.17) is 4.42 Å². The number of sulfonamides is 1. The van der Waals surface area contributed by atoms with Crippen molar-refractivity contribution in [3.8, 4) is 0 Å². The molecule has 1 saturated heterocycles. The Labute approximate surface area is 107 Å². The Balaban J connectivity index is 2.11. The van der Waals surface area contributed by atoms with Crippen LogP contribution in [0, 0.1) is 0 Å². The van der Waals surface area contributed by atoms with Crippen LogP contribution >= 0.6 is 0 Å². The largest absolute Gasteiger partial charge is 0.468 e. The maximum Gasteiger partial charge on any atom is 0.218 e. The van der Waals surface area contributed by atoms with E-state index < -0.39 is 25.1 Å². The van der Waals surface area contributed by atoms with E-state index in [2.05, 4.69) is 0 Å². The quantitative estimate of drug-likeness (QED) is 0.793. The summed E-state index contributed by atoms with van der Waals surface area (Å²) in [6.45, 7) is 0.117. The highest BCUT2D eigenvalue weighted by Gasteiger charge is 2.39. The van der Waals surface area contributed by atoms with Gasteiger partial charge in [0.05, 0.1) is 29.6 Å². The van der Waals surface area contributed by atoms with Gasteiger partial charge in [0.15, 0.2) is 9.84 Å². The lowest BCUT2D eigenvalue weighted by atomic mass is 10.4. The van der Waals surface area contributed by atoms with E-state index in [1.54, 1.807) is 12.1 Å². The van der Waals surface area contributed by atoms with Gasteiger partial charge in [0.25, 0.3) is 0 Å². The van der Waals surface area contributed by atoms with E-state index in [-0.39, 0.29) is 24.5 Å². The van der Waals surface area contributed by atoms with Crippen molar-refractivity contribution in [2.45, 2.75) is 18.2 Å². The van der Waals surface area contributed by atoms with Gasteiger partial charge in [0.2, 0.25) is 10.0 Å². The van der Waals surface area contributed by atoms with Crippen molar-refractivity contribution >= 4 is 19.9 Å². The van der Waals surface area contributed by atoms with Crippen LogP contribution < -0.4 is 0 Å². The van der Waals surface area contributed by atoms with Gasteiger partial charge in [-0.2, -0.15) is 4.31 Å². The van der Waals surface area contributed by atoms with Crippen molar-refractivity contribution in [3.63, 3.8) is 0 Å². The molecular weight excluding hydrogens is 278 g/mol. The second-order valence-electron chi connectivity index (χ2n) is 4.41. The summed E-state index contributed by atoms with van der Waals surface area (Å²) in [7, 11) is -5.36. The van der Waals surface area contributed by atoms with Crippen molar-refractivity contribution < 1.29 is 21.3 Å². The Morgan fingerprint density at radius 3 is 2.72 bits per heavy atom. The van der Waals surface area contributed by atoms with Gasteiger partial charge in [-0.3, -0.25) is 0 Å². The SMILES string of the molecule is CN(Cc1ccco1)S(=O)(=O)[C@@H]1CCS(=O)(=O)C1. The normalized spacial score (nSPS) is 23.6.